The second kappa shape index (κ2) is 13.8. The van der Waals surface area contributed by atoms with Gasteiger partial charge in [-0.25, -0.2) is 16.8 Å². The number of ketones is 1. The molecule has 0 aromatic heterocycles. The van der Waals surface area contributed by atoms with E-state index in [9.17, 15) is 31.2 Å². The number of carbonyl (C=O) groups is 3. The molecular weight excluding hydrogens is 619 g/mol. The number of anilines is 4. The van der Waals surface area contributed by atoms with Crippen LogP contribution in [-0.2, 0) is 20.0 Å². The number of rotatable bonds is 10. The molecule has 14 heteroatoms. The zero-order valence-corrected chi connectivity index (χ0v) is 25.7. The minimum Gasteiger partial charge on any atom is -0.322 e. The maximum Gasteiger partial charge on any atom is 0.325 e. The number of amides is 2. The fourth-order valence-corrected chi connectivity index (χ4v) is 5.22. The van der Waals surface area contributed by atoms with E-state index in [1.165, 1.54) is 30.3 Å². The van der Waals surface area contributed by atoms with Crippen LogP contribution in [0.25, 0.3) is 4.85 Å². The summed E-state index contributed by atoms with van der Waals surface area (Å²) in [6.45, 7) is -0.250. The summed E-state index contributed by atoms with van der Waals surface area (Å²) in [6.07, 6.45) is 1.97. The second-order valence-corrected chi connectivity index (χ2v) is 13.3. The van der Waals surface area contributed by atoms with Crippen molar-refractivity contribution in [1.29, 1.82) is 0 Å². The van der Waals surface area contributed by atoms with Crippen LogP contribution in [0.3, 0.4) is 0 Å². The first-order valence-corrected chi connectivity index (χ1v) is 17.0. The summed E-state index contributed by atoms with van der Waals surface area (Å²) in [4.78, 5) is 42.6. The van der Waals surface area contributed by atoms with Gasteiger partial charge >= 0.3 is 12.6 Å². The number of hydrogen-bond donors (Lipinski definition) is 4. The normalized spacial score (nSPS) is 11.0. The highest BCUT2D eigenvalue weighted by Crippen LogP contribution is 2.21. The highest BCUT2D eigenvalue weighted by molar-refractivity contribution is 7.92. The van der Waals surface area contributed by atoms with Crippen molar-refractivity contribution in [3.05, 3.63) is 124 Å². The smallest absolute Gasteiger partial charge is 0.322 e. The minimum absolute atomic E-state index is 0.104. The Morgan fingerprint density at radius 3 is 1.67 bits per heavy atom. The Morgan fingerprint density at radius 1 is 0.644 bits per heavy atom. The van der Waals surface area contributed by atoms with E-state index in [2.05, 4.69) is 31.0 Å². The van der Waals surface area contributed by atoms with E-state index in [1.807, 2.05) is 0 Å². The lowest BCUT2D eigenvalue weighted by molar-refractivity contribution is 0.100. The van der Waals surface area contributed by atoms with Gasteiger partial charge in [0.1, 0.15) is 5.56 Å². The third-order valence-corrected chi connectivity index (χ3v) is 7.11. The molecule has 0 aliphatic heterocycles. The molecule has 0 unspecified atom stereocenters. The third kappa shape index (κ3) is 9.75. The lowest BCUT2D eigenvalue weighted by atomic mass is 10.1. The summed E-state index contributed by atoms with van der Waals surface area (Å²) in [5, 5.41) is 5.38. The summed E-state index contributed by atoms with van der Waals surface area (Å²) in [7, 11) is -7.21. The first kappa shape index (κ1) is 32.4. The van der Waals surface area contributed by atoms with Crippen molar-refractivity contribution < 1.29 is 31.2 Å². The topological polar surface area (TPSA) is 172 Å². The van der Waals surface area contributed by atoms with Crippen molar-refractivity contribution in [2.45, 2.75) is 0 Å². The Hall–Kier alpha value is -5.52. The van der Waals surface area contributed by atoms with Gasteiger partial charge < -0.3 is 10.6 Å². The highest BCUT2D eigenvalue weighted by atomic mass is 32.2. The SMILES string of the molecule is CS(=O)(=O)Nc1ccccc1C(=O)Nc1cccc(C#[N+]CC(=O)c2cccc(NC(=O)c3ccccc3NS(C)(=O)=O)c2)c1. The summed E-state index contributed by atoms with van der Waals surface area (Å²) in [5.74, 6) is -1.45. The van der Waals surface area contributed by atoms with Crippen LogP contribution >= 0.6 is 0 Å². The Morgan fingerprint density at radius 2 is 1.13 bits per heavy atom. The molecule has 4 rings (SSSR count). The number of carbonyl (C=O) groups excluding carboxylic acids is 3. The van der Waals surface area contributed by atoms with E-state index in [1.54, 1.807) is 66.7 Å². The molecule has 0 saturated carbocycles. The van der Waals surface area contributed by atoms with Gasteiger partial charge in [0.05, 0.1) is 35.0 Å². The summed E-state index contributed by atoms with van der Waals surface area (Å²) < 4.78 is 51.3. The summed E-state index contributed by atoms with van der Waals surface area (Å²) >= 11 is 0. The fraction of sp³-hybridized carbons (Fsp3) is 0.0968. The molecule has 2 amide bonds. The fourth-order valence-electron chi connectivity index (χ4n) is 4.07. The zero-order chi connectivity index (χ0) is 32.6. The van der Waals surface area contributed by atoms with Crippen LogP contribution in [0.4, 0.5) is 22.7 Å². The van der Waals surface area contributed by atoms with Gasteiger partial charge in [0.25, 0.3) is 11.8 Å². The molecule has 0 spiro atoms. The van der Waals surface area contributed by atoms with Crippen LogP contribution in [0.15, 0.2) is 97.1 Å². The molecule has 0 atom stereocenters. The lowest BCUT2D eigenvalue weighted by Gasteiger charge is -2.11. The molecule has 4 N–H and O–H groups in total. The van der Waals surface area contributed by atoms with Crippen LogP contribution in [-0.4, -0.2) is 53.5 Å². The number of nitrogens with one attached hydrogen (secondary N) is 4. The van der Waals surface area contributed by atoms with Crippen molar-refractivity contribution in [3.8, 4) is 6.07 Å². The highest BCUT2D eigenvalue weighted by Gasteiger charge is 2.17. The first-order chi connectivity index (χ1) is 21.3. The molecule has 45 heavy (non-hydrogen) atoms. The molecule has 12 nitrogen and oxygen atoms in total. The van der Waals surface area contributed by atoms with Gasteiger partial charge in [-0.15, -0.1) is 0 Å². The van der Waals surface area contributed by atoms with Gasteiger partial charge in [-0.3, -0.25) is 23.8 Å². The van der Waals surface area contributed by atoms with E-state index in [-0.39, 0.29) is 40.4 Å². The van der Waals surface area contributed by atoms with E-state index in [0.717, 1.165) is 12.5 Å². The Bertz CT molecular complexity index is 2070. The van der Waals surface area contributed by atoms with Crippen LogP contribution in [0.1, 0.15) is 36.6 Å². The quantitative estimate of drug-likeness (QED) is 0.184. The van der Waals surface area contributed by atoms with E-state index in [0.29, 0.717) is 16.9 Å². The molecule has 0 heterocycles. The van der Waals surface area contributed by atoms with Crippen LogP contribution < -0.4 is 20.1 Å². The number of nitrogens with zero attached hydrogens (tertiary/aromatic N) is 1. The minimum atomic E-state index is -3.61. The van der Waals surface area contributed by atoms with Crippen LogP contribution in [0.5, 0.6) is 0 Å². The maximum absolute atomic E-state index is 12.9. The molecular formula is C31H28N5O7S2+. The predicted octanol–water partition coefficient (Wildman–Crippen LogP) is 4.50. The standard InChI is InChI=1S/C31H27N5O7S2/c1-44(40,41)35-27-15-5-3-13-25(27)30(38)33-23-11-7-9-21(17-23)19-32-20-29(37)22-10-8-12-24(18-22)34-31(39)26-14-4-6-16-28(26)36-45(2,42)43/h3-18H,20H2,1-2H3,(H3-,33,34,35,36,38,39)/p+1. The zero-order valence-electron chi connectivity index (χ0n) is 24.1. The van der Waals surface area contributed by atoms with E-state index in [4.69, 9.17) is 0 Å². The molecule has 0 bridgehead atoms. The molecule has 230 valence electrons. The summed E-state index contributed by atoms with van der Waals surface area (Å²) in [6, 6.07) is 27.9. The molecule has 4 aromatic rings. The van der Waals surface area contributed by atoms with Gasteiger partial charge in [-0.2, -0.15) is 0 Å². The Labute approximate surface area is 260 Å². The van der Waals surface area contributed by atoms with Crippen molar-refractivity contribution in [3.63, 3.8) is 0 Å². The monoisotopic (exact) mass is 646 g/mol. The molecule has 0 aliphatic rings. The second-order valence-electron chi connectivity index (χ2n) is 9.76. The van der Waals surface area contributed by atoms with Crippen molar-refractivity contribution >= 4 is 60.4 Å². The lowest BCUT2D eigenvalue weighted by Crippen LogP contribution is -2.17. The average Bonchev–Trinajstić information content (AvgIpc) is 2.96. The molecule has 0 radical (unpaired) electrons. The number of para-hydroxylation sites is 2. The molecule has 0 aliphatic carbocycles. The molecule has 0 fully saturated rings. The summed E-state index contributed by atoms with van der Waals surface area (Å²) in [5.41, 5.74) is 1.97. The Balaban J connectivity index is 1.41. The Kier molecular flexibility index (Phi) is 9.97. The number of hydrogen-bond acceptors (Lipinski definition) is 7. The van der Waals surface area contributed by atoms with Crippen LogP contribution in [0, 0.1) is 6.07 Å². The first-order valence-electron chi connectivity index (χ1n) is 13.2. The van der Waals surface area contributed by atoms with Crippen molar-refractivity contribution in [1.82, 2.24) is 0 Å². The third-order valence-electron chi connectivity index (χ3n) is 5.93. The van der Waals surface area contributed by atoms with Crippen LogP contribution in [0.2, 0.25) is 0 Å². The van der Waals surface area contributed by atoms with E-state index >= 15 is 0 Å². The number of Topliss-reactive ketones (excluding diaryl/α,β-unsaturated/α-hetero) is 1. The molecule has 0 saturated heterocycles. The van der Waals surface area contributed by atoms with Gasteiger partial charge in [-0.05, 0) is 54.6 Å². The number of benzene rings is 4. The predicted molar refractivity (Wildman–Crippen MR) is 174 cm³/mol. The maximum atomic E-state index is 12.9. The average molecular weight is 647 g/mol. The van der Waals surface area contributed by atoms with Gasteiger partial charge in [0.2, 0.25) is 25.8 Å². The van der Waals surface area contributed by atoms with Gasteiger partial charge in [0.15, 0.2) is 0 Å². The van der Waals surface area contributed by atoms with E-state index < -0.39 is 31.9 Å². The van der Waals surface area contributed by atoms with Crippen molar-refractivity contribution in [2.24, 2.45) is 0 Å². The largest absolute Gasteiger partial charge is 0.325 e. The van der Waals surface area contributed by atoms with Gasteiger partial charge in [-0.1, -0.05) is 47.3 Å². The van der Waals surface area contributed by atoms with Gasteiger partial charge in [0, 0.05) is 16.9 Å². The number of sulfonamides is 2. The van der Waals surface area contributed by atoms with Crippen molar-refractivity contribution in [2.75, 3.05) is 39.1 Å². The molecule has 4 aromatic carbocycles.